The Bertz CT molecular complexity index is 611. The molecule has 4 nitrogen and oxygen atoms in total. The van der Waals surface area contributed by atoms with Crippen molar-refractivity contribution < 1.29 is 14.3 Å². The van der Waals surface area contributed by atoms with Crippen LogP contribution in [0.1, 0.15) is 10.4 Å². The number of carbonyl (C=O) groups excluding carboxylic acids is 2. The fourth-order valence-electron chi connectivity index (χ4n) is 1.59. The van der Waals surface area contributed by atoms with Crippen LogP contribution in [0.4, 0.5) is 0 Å². The molecule has 0 radical (unpaired) electrons. The average Bonchev–Trinajstić information content (AvgIpc) is 2.47. The van der Waals surface area contributed by atoms with E-state index in [1.807, 2.05) is 30.3 Å². The third-order valence-corrected chi connectivity index (χ3v) is 3.46. The molecule has 20 heavy (non-hydrogen) atoms. The van der Waals surface area contributed by atoms with Crippen LogP contribution in [0.15, 0.2) is 54.6 Å². The van der Waals surface area contributed by atoms with Crippen molar-refractivity contribution in [2.75, 3.05) is 0 Å². The van der Waals surface area contributed by atoms with Gasteiger partial charge in [0.15, 0.2) is 10.6 Å². The first-order valence-electron chi connectivity index (χ1n) is 5.88. The highest BCUT2D eigenvalue weighted by atomic mass is 79.9. The molecule has 0 aliphatic carbocycles. The smallest absolute Gasteiger partial charge is 0.239 e. The third-order valence-electron chi connectivity index (χ3n) is 2.60. The second-order valence-electron chi connectivity index (χ2n) is 4.07. The maximum Gasteiger partial charge on any atom is 0.239 e. The molecule has 0 heterocycles. The highest BCUT2D eigenvalue weighted by molar-refractivity contribution is 9.10. The predicted octanol–water partition coefficient (Wildman–Crippen LogP) is 2.91. The van der Waals surface area contributed by atoms with Gasteiger partial charge >= 0.3 is 0 Å². The molecule has 0 aromatic heterocycles. The number of hydrogen-bond donors (Lipinski definition) is 1. The van der Waals surface area contributed by atoms with E-state index in [0.29, 0.717) is 17.1 Å². The van der Waals surface area contributed by atoms with Crippen LogP contribution in [0.3, 0.4) is 0 Å². The summed E-state index contributed by atoms with van der Waals surface area (Å²) in [6.07, 6.45) is 0. The summed E-state index contributed by atoms with van der Waals surface area (Å²) in [7, 11) is 0. The number of carbonyl (C=O) groups is 2. The zero-order chi connectivity index (χ0) is 14.5. The van der Waals surface area contributed by atoms with Gasteiger partial charge in [-0.1, -0.05) is 34.1 Å². The molecule has 0 fully saturated rings. The van der Waals surface area contributed by atoms with E-state index in [4.69, 9.17) is 10.5 Å². The lowest BCUT2D eigenvalue weighted by molar-refractivity contribution is -0.116. The molecule has 1 amide bonds. The summed E-state index contributed by atoms with van der Waals surface area (Å²) in [5, 5.41) is 0. The average molecular weight is 334 g/mol. The molecular formula is C15H12BrNO3. The van der Waals surface area contributed by atoms with E-state index in [1.165, 1.54) is 0 Å². The van der Waals surface area contributed by atoms with Crippen LogP contribution in [-0.4, -0.2) is 16.5 Å². The van der Waals surface area contributed by atoms with Gasteiger partial charge in [0.05, 0.1) is 0 Å². The Morgan fingerprint density at radius 2 is 1.50 bits per heavy atom. The number of primary amides is 1. The number of amides is 1. The van der Waals surface area contributed by atoms with E-state index in [1.54, 1.807) is 24.3 Å². The van der Waals surface area contributed by atoms with E-state index in [0.717, 1.165) is 0 Å². The van der Waals surface area contributed by atoms with Crippen LogP contribution in [0.5, 0.6) is 11.5 Å². The summed E-state index contributed by atoms with van der Waals surface area (Å²) >= 11 is 2.96. The molecular weight excluding hydrogens is 322 g/mol. The minimum absolute atomic E-state index is 0.372. The van der Waals surface area contributed by atoms with E-state index >= 15 is 0 Å². The van der Waals surface area contributed by atoms with Gasteiger partial charge in [-0.2, -0.15) is 0 Å². The maximum absolute atomic E-state index is 11.9. The van der Waals surface area contributed by atoms with Crippen molar-refractivity contribution >= 4 is 27.6 Å². The molecule has 5 heteroatoms. The van der Waals surface area contributed by atoms with Gasteiger partial charge in [-0.25, -0.2) is 0 Å². The Labute approximate surface area is 124 Å². The SMILES string of the molecule is NC(=O)C(Br)C(=O)c1ccc(Oc2ccccc2)cc1. The molecule has 1 atom stereocenters. The van der Waals surface area contributed by atoms with Gasteiger partial charge in [-0.3, -0.25) is 9.59 Å². The van der Waals surface area contributed by atoms with Crippen LogP contribution in [-0.2, 0) is 4.79 Å². The molecule has 0 bridgehead atoms. The Hall–Kier alpha value is -2.14. The molecule has 102 valence electrons. The van der Waals surface area contributed by atoms with Crippen molar-refractivity contribution in [3.8, 4) is 11.5 Å². The van der Waals surface area contributed by atoms with Gasteiger partial charge < -0.3 is 10.5 Å². The van der Waals surface area contributed by atoms with Gasteiger partial charge in [0, 0.05) is 5.56 Å². The molecule has 0 saturated carbocycles. The maximum atomic E-state index is 11.9. The Morgan fingerprint density at radius 3 is 2.05 bits per heavy atom. The number of rotatable bonds is 5. The van der Waals surface area contributed by atoms with E-state index in [2.05, 4.69) is 15.9 Å². The number of alkyl halides is 1. The zero-order valence-corrected chi connectivity index (χ0v) is 12.0. The van der Waals surface area contributed by atoms with Crippen molar-refractivity contribution in [2.24, 2.45) is 5.73 Å². The minimum atomic E-state index is -1.01. The van der Waals surface area contributed by atoms with Gasteiger partial charge in [0.2, 0.25) is 5.91 Å². The highest BCUT2D eigenvalue weighted by Crippen LogP contribution is 2.22. The number of ether oxygens (including phenoxy) is 1. The quantitative estimate of drug-likeness (QED) is 0.519. The first-order chi connectivity index (χ1) is 9.58. The van der Waals surface area contributed by atoms with Crippen molar-refractivity contribution in [3.63, 3.8) is 0 Å². The van der Waals surface area contributed by atoms with Crippen molar-refractivity contribution in [3.05, 3.63) is 60.2 Å². The second kappa shape index (κ2) is 6.34. The first kappa shape index (κ1) is 14.3. The van der Waals surface area contributed by atoms with Crippen LogP contribution in [0, 0.1) is 0 Å². The zero-order valence-electron chi connectivity index (χ0n) is 10.5. The summed E-state index contributed by atoms with van der Waals surface area (Å²) in [5.41, 5.74) is 5.47. The lowest BCUT2D eigenvalue weighted by atomic mass is 10.1. The number of nitrogens with two attached hydrogens (primary N) is 1. The fourth-order valence-corrected chi connectivity index (χ4v) is 1.85. The monoisotopic (exact) mass is 333 g/mol. The van der Waals surface area contributed by atoms with E-state index in [-0.39, 0.29) is 5.78 Å². The summed E-state index contributed by atoms with van der Waals surface area (Å²) in [5.74, 6) is 0.239. The molecule has 0 aliphatic rings. The Kier molecular flexibility index (Phi) is 4.53. The van der Waals surface area contributed by atoms with Crippen molar-refractivity contribution in [2.45, 2.75) is 4.83 Å². The Balaban J connectivity index is 2.10. The van der Waals surface area contributed by atoms with Crippen molar-refractivity contribution in [1.82, 2.24) is 0 Å². The molecule has 2 aromatic carbocycles. The minimum Gasteiger partial charge on any atom is -0.457 e. The number of benzene rings is 2. The standard InChI is InChI=1S/C15H12BrNO3/c16-13(15(17)19)14(18)10-6-8-12(9-7-10)20-11-4-2-1-3-5-11/h1-9,13H,(H2,17,19). The van der Waals surface area contributed by atoms with Crippen LogP contribution >= 0.6 is 15.9 Å². The van der Waals surface area contributed by atoms with Crippen LogP contribution in [0.2, 0.25) is 0 Å². The number of para-hydroxylation sites is 1. The molecule has 2 aromatic rings. The summed E-state index contributed by atoms with van der Waals surface area (Å²) < 4.78 is 5.61. The van der Waals surface area contributed by atoms with Gasteiger partial charge in [-0.15, -0.1) is 0 Å². The summed E-state index contributed by atoms with van der Waals surface area (Å²) in [4.78, 5) is 21.8. The largest absolute Gasteiger partial charge is 0.457 e. The summed E-state index contributed by atoms with van der Waals surface area (Å²) in [6.45, 7) is 0. The highest BCUT2D eigenvalue weighted by Gasteiger charge is 2.21. The lowest BCUT2D eigenvalue weighted by Crippen LogP contribution is -2.30. The van der Waals surface area contributed by atoms with E-state index < -0.39 is 10.7 Å². The number of halogens is 1. The molecule has 0 saturated heterocycles. The fraction of sp³-hybridized carbons (Fsp3) is 0.0667. The molecule has 2 N–H and O–H groups in total. The second-order valence-corrected chi connectivity index (χ2v) is 4.98. The normalized spacial score (nSPS) is 11.7. The topological polar surface area (TPSA) is 69.4 Å². The number of Topliss-reactive ketones (excluding diaryl/α,β-unsaturated/α-hetero) is 1. The number of ketones is 1. The molecule has 0 spiro atoms. The van der Waals surface area contributed by atoms with Crippen LogP contribution in [0.25, 0.3) is 0 Å². The van der Waals surface area contributed by atoms with Crippen LogP contribution < -0.4 is 10.5 Å². The molecule has 1 unspecified atom stereocenters. The predicted molar refractivity (Wildman–Crippen MR) is 79.2 cm³/mol. The number of hydrogen-bond acceptors (Lipinski definition) is 3. The molecule has 2 rings (SSSR count). The van der Waals surface area contributed by atoms with Gasteiger partial charge in [0.1, 0.15) is 11.5 Å². The van der Waals surface area contributed by atoms with Crippen molar-refractivity contribution in [1.29, 1.82) is 0 Å². The van der Waals surface area contributed by atoms with Gasteiger partial charge in [-0.05, 0) is 36.4 Å². The van der Waals surface area contributed by atoms with Gasteiger partial charge in [0.25, 0.3) is 0 Å². The third kappa shape index (κ3) is 3.45. The summed E-state index contributed by atoms with van der Waals surface area (Å²) in [6, 6.07) is 15.8. The first-order valence-corrected chi connectivity index (χ1v) is 6.80. The Morgan fingerprint density at radius 1 is 0.950 bits per heavy atom. The lowest BCUT2D eigenvalue weighted by Gasteiger charge is -2.07. The molecule has 0 aliphatic heterocycles. The van der Waals surface area contributed by atoms with E-state index in [9.17, 15) is 9.59 Å².